The molecule has 0 saturated heterocycles. The third-order valence-corrected chi connectivity index (χ3v) is 16.6. The van der Waals surface area contributed by atoms with Gasteiger partial charge in [-0.05, 0) is 0 Å². The molecule has 2 aromatic carbocycles. The van der Waals surface area contributed by atoms with E-state index in [0.29, 0.717) is 0 Å². The molecular formula is C17H18SiZr. The topological polar surface area (TPSA) is 0 Å². The normalized spacial score (nSPS) is 18.6. The fourth-order valence-corrected chi connectivity index (χ4v) is 15.4. The number of allylic oxidation sites excluding steroid dienone is 1. The maximum absolute atomic E-state index is 2.55. The maximum atomic E-state index is 2.55. The van der Waals surface area contributed by atoms with Gasteiger partial charge in [0.2, 0.25) is 0 Å². The van der Waals surface area contributed by atoms with Crippen LogP contribution in [-0.4, -0.2) is 5.92 Å². The number of fused-ring (bicyclic) bond motifs is 1. The van der Waals surface area contributed by atoms with E-state index in [0.717, 1.165) is 3.63 Å². The first-order valence-corrected chi connectivity index (χ1v) is 14.8. The molecule has 0 amide bonds. The Morgan fingerprint density at radius 3 is 2.42 bits per heavy atom. The van der Waals surface area contributed by atoms with Crippen LogP contribution in [0, 0.1) is 0 Å². The molecule has 0 bridgehead atoms. The first kappa shape index (κ1) is 13.3. The zero-order valence-corrected chi connectivity index (χ0v) is 15.0. The van der Waals surface area contributed by atoms with E-state index in [1.807, 2.05) is 0 Å². The molecule has 0 spiro atoms. The van der Waals surface area contributed by atoms with Crippen LogP contribution in [0.25, 0.3) is 6.08 Å². The standard InChI is InChI=1S/C10H9.C7H9Si.Zr/c1-8-6-9-4-2-3-5-10(9)7-8;1-8-7-5-3-2-4-6-7;/h2-7H,1H3;2-6,8H,1H3;. The Morgan fingerprint density at radius 1 is 0.947 bits per heavy atom. The van der Waals surface area contributed by atoms with Crippen LogP contribution in [0.4, 0.5) is 0 Å². The zero-order chi connectivity index (χ0) is 13.2. The van der Waals surface area contributed by atoms with Gasteiger partial charge in [-0.25, -0.2) is 0 Å². The molecule has 0 aromatic heterocycles. The van der Waals surface area contributed by atoms with E-state index in [4.69, 9.17) is 0 Å². The molecule has 94 valence electrons. The summed E-state index contributed by atoms with van der Waals surface area (Å²) in [6, 6.07) is 20.2. The molecule has 2 unspecified atom stereocenters. The van der Waals surface area contributed by atoms with E-state index in [9.17, 15) is 0 Å². The first-order chi connectivity index (χ1) is 9.25. The third kappa shape index (κ3) is 2.75. The predicted octanol–water partition coefficient (Wildman–Crippen LogP) is 3.49. The van der Waals surface area contributed by atoms with Crippen molar-refractivity contribution in [2.24, 2.45) is 0 Å². The van der Waals surface area contributed by atoms with E-state index >= 15 is 0 Å². The monoisotopic (exact) mass is 340 g/mol. The van der Waals surface area contributed by atoms with Crippen molar-refractivity contribution in [3.05, 3.63) is 71.3 Å². The van der Waals surface area contributed by atoms with Crippen LogP contribution in [0.5, 0.6) is 0 Å². The van der Waals surface area contributed by atoms with Crippen LogP contribution in [0.3, 0.4) is 0 Å². The van der Waals surface area contributed by atoms with Gasteiger partial charge in [-0.1, -0.05) is 0 Å². The van der Waals surface area contributed by atoms with Crippen LogP contribution in [-0.2, 0) is 22.4 Å². The van der Waals surface area contributed by atoms with Crippen molar-refractivity contribution >= 4 is 17.2 Å². The fourth-order valence-electron chi connectivity index (χ4n) is 2.79. The van der Waals surface area contributed by atoms with Gasteiger partial charge in [-0.2, -0.15) is 0 Å². The van der Waals surface area contributed by atoms with Crippen LogP contribution in [0.1, 0.15) is 21.7 Å². The van der Waals surface area contributed by atoms with Crippen LogP contribution in [0.15, 0.2) is 60.2 Å². The van der Waals surface area contributed by atoms with E-state index in [2.05, 4.69) is 74.1 Å². The van der Waals surface area contributed by atoms with Crippen LogP contribution in [0.2, 0.25) is 6.55 Å². The van der Waals surface area contributed by atoms with E-state index < -0.39 is 5.92 Å². The van der Waals surface area contributed by atoms with Crippen molar-refractivity contribution in [1.82, 2.24) is 0 Å². The van der Waals surface area contributed by atoms with Gasteiger partial charge in [0.15, 0.2) is 0 Å². The van der Waals surface area contributed by atoms with Crippen LogP contribution >= 0.6 is 0 Å². The van der Waals surface area contributed by atoms with Crippen molar-refractivity contribution < 1.29 is 22.4 Å². The molecule has 2 heteroatoms. The Labute approximate surface area is 127 Å². The van der Waals surface area contributed by atoms with Gasteiger partial charge in [0.25, 0.3) is 0 Å². The summed E-state index contributed by atoms with van der Waals surface area (Å²) in [6.07, 6.45) is 2.41. The number of rotatable bonds is 3. The number of benzene rings is 2. The van der Waals surface area contributed by atoms with E-state index in [1.54, 1.807) is 16.3 Å². The first-order valence-electron chi connectivity index (χ1n) is 6.84. The second-order valence-corrected chi connectivity index (χ2v) is 18.0. The van der Waals surface area contributed by atoms with Gasteiger partial charge in [-0.15, -0.1) is 0 Å². The Bertz CT molecular complexity index is 604. The Kier molecular flexibility index (Phi) is 4.00. The minimum atomic E-state index is -0.682. The second-order valence-electron chi connectivity index (χ2n) is 5.25. The van der Waals surface area contributed by atoms with Gasteiger partial charge < -0.3 is 0 Å². The summed E-state index contributed by atoms with van der Waals surface area (Å²) in [6.45, 7) is 4.88. The zero-order valence-electron chi connectivity index (χ0n) is 11.4. The molecule has 19 heavy (non-hydrogen) atoms. The van der Waals surface area contributed by atoms with Gasteiger partial charge in [0.1, 0.15) is 0 Å². The minimum absolute atomic E-state index is 0.387. The summed E-state index contributed by atoms with van der Waals surface area (Å²) < 4.78 is 0.821. The van der Waals surface area contributed by atoms with Gasteiger partial charge in [-0.3, -0.25) is 0 Å². The molecule has 1 aliphatic rings. The number of hydrogen-bond donors (Lipinski definition) is 0. The third-order valence-electron chi connectivity index (χ3n) is 3.86. The van der Waals surface area contributed by atoms with E-state index in [1.165, 1.54) is 5.56 Å². The van der Waals surface area contributed by atoms with E-state index in [-0.39, 0.29) is 22.4 Å². The average Bonchev–Trinajstić information content (AvgIpc) is 2.76. The Morgan fingerprint density at radius 2 is 1.63 bits per heavy atom. The van der Waals surface area contributed by atoms with Crippen molar-refractivity contribution in [3.63, 3.8) is 0 Å². The molecule has 2 aromatic rings. The Hall–Kier alpha value is -0.720. The predicted molar refractivity (Wildman–Crippen MR) is 81.9 cm³/mol. The fraction of sp³-hybridized carbons (Fsp3) is 0.176. The van der Waals surface area contributed by atoms with Gasteiger partial charge in [0.05, 0.1) is 0 Å². The molecule has 0 aliphatic heterocycles. The Balaban J connectivity index is 1.83. The molecule has 3 rings (SSSR count). The molecule has 0 nitrogen and oxygen atoms in total. The quantitative estimate of drug-likeness (QED) is 0.750. The average molecular weight is 342 g/mol. The van der Waals surface area contributed by atoms with Crippen molar-refractivity contribution in [1.29, 1.82) is 0 Å². The van der Waals surface area contributed by atoms with Crippen molar-refractivity contribution in [2.45, 2.75) is 17.1 Å². The molecule has 1 aliphatic carbocycles. The molecule has 0 saturated carbocycles. The molecule has 0 heterocycles. The van der Waals surface area contributed by atoms with Gasteiger partial charge in [0, 0.05) is 0 Å². The summed E-state index contributed by atoms with van der Waals surface area (Å²) in [5, 5.41) is 1.66. The summed E-state index contributed by atoms with van der Waals surface area (Å²) >= 11 is -0.387. The molecule has 2 atom stereocenters. The van der Waals surface area contributed by atoms with Gasteiger partial charge >= 0.3 is 128 Å². The summed E-state index contributed by atoms with van der Waals surface area (Å²) in [5.74, 6) is -0.682. The molecule has 0 radical (unpaired) electrons. The molecular weight excluding hydrogens is 323 g/mol. The summed E-state index contributed by atoms with van der Waals surface area (Å²) in [5.41, 5.74) is 4.70. The summed E-state index contributed by atoms with van der Waals surface area (Å²) in [7, 11) is 0. The van der Waals surface area contributed by atoms with Crippen molar-refractivity contribution in [2.75, 3.05) is 0 Å². The van der Waals surface area contributed by atoms with Crippen molar-refractivity contribution in [3.8, 4) is 0 Å². The summed E-state index contributed by atoms with van der Waals surface area (Å²) in [4.78, 5) is 0. The second kappa shape index (κ2) is 5.73. The van der Waals surface area contributed by atoms with Crippen LogP contribution < -0.4 is 5.19 Å². The number of hydrogen-bond acceptors (Lipinski definition) is 0. The SMILES string of the molecule is CC1=Cc2ccccc2[CH]1[Zr][SiH](C)c1ccccc1. The molecule has 0 N–H and O–H groups in total. The molecule has 0 fully saturated rings.